The van der Waals surface area contributed by atoms with Crippen LogP contribution in [-0.4, -0.2) is 25.1 Å². The summed E-state index contributed by atoms with van der Waals surface area (Å²) in [6, 6.07) is 7.01. The molecule has 4 heterocycles. The molecule has 9 nitrogen and oxygen atoms in total. The van der Waals surface area contributed by atoms with Gasteiger partial charge >= 0.3 is 0 Å². The quantitative estimate of drug-likeness (QED) is 0.433. The topological polar surface area (TPSA) is 122 Å². The van der Waals surface area contributed by atoms with Crippen molar-refractivity contribution in [1.82, 2.24) is 25.1 Å². The van der Waals surface area contributed by atoms with Crippen molar-refractivity contribution in [2.75, 3.05) is 5.84 Å². The van der Waals surface area contributed by atoms with E-state index in [1.807, 2.05) is 0 Å². The van der Waals surface area contributed by atoms with Gasteiger partial charge in [0.25, 0.3) is 5.89 Å². The molecule has 0 fully saturated rings. The van der Waals surface area contributed by atoms with Crippen LogP contribution in [0.1, 0.15) is 5.89 Å². The zero-order valence-corrected chi connectivity index (χ0v) is 12.4. The third-order valence-electron chi connectivity index (χ3n) is 2.93. The van der Waals surface area contributed by atoms with Crippen LogP contribution in [0.15, 0.2) is 55.2 Å². The van der Waals surface area contributed by atoms with Gasteiger partial charge in [-0.05, 0) is 24.3 Å². The van der Waals surface area contributed by atoms with E-state index < -0.39 is 0 Å². The van der Waals surface area contributed by atoms with Crippen LogP contribution in [0.2, 0.25) is 0 Å². The lowest BCUT2D eigenvalue weighted by Crippen LogP contribution is -2.11. The molecule has 23 heavy (non-hydrogen) atoms. The monoisotopic (exact) mass is 330 g/mol. The van der Waals surface area contributed by atoms with E-state index >= 15 is 0 Å². The van der Waals surface area contributed by atoms with Gasteiger partial charge < -0.3 is 19.1 Å². The minimum Gasteiger partial charge on any atom is -0.461 e. The lowest BCUT2D eigenvalue weighted by molar-refractivity contribution is 0.494. The largest absolute Gasteiger partial charge is 0.461 e. The summed E-state index contributed by atoms with van der Waals surface area (Å²) >= 11 is 1.32. The van der Waals surface area contributed by atoms with E-state index in [1.54, 1.807) is 36.8 Å². The molecule has 0 bridgehead atoms. The molecule has 0 radical (unpaired) electrons. The second-order valence-electron chi connectivity index (χ2n) is 4.42. The molecule has 2 N–H and O–H groups in total. The molecule has 0 aliphatic rings. The highest BCUT2D eigenvalue weighted by Gasteiger charge is 2.16. The molecule has 4 aromatic rings. The molecule has 0 spiro atoms. The molecule has 4 aromatic heterocycles. The summed E-state index contributed by atoms with van der Waals surface area (Å²) in [4.78, 5) is 0. The van der Waals surface area contributed by atoms with E-state index in [0.29, 0.717) is 40.0 Å². The average Bonchev–Trinajstić information content (AvgIpc) is 3.33. The summed E-state index contributed by atoms with van der Waals surface area (Å²) in [5.74, 6) is 8.65. The van der Waals surface area contributed by atoms with E-state index in [-0.39, 0.29) is 0 Å². The highest BCUT2D eigenvalue weighted by Crippen LogP contribution is 2.25. The van der Waals surface area contributed by atoms with Crippen molar-refractivity contribution in [2.24, 2.45) is 0 Å². The van der Waals surface area contributed by atoms with Crippen LogP contribution < -0.4 is 5.84 Å². The van der Waals surface area contributed by atoms with Crippen molar-refractivity contribution in [3.8, 4) is 23.2 Å². The highest BCUT2D eigenvalue weighted by atomic mass is 32.2. The van der Waals surface area contributed by atoms with Crippen LogP contribution >= 0.6 is 11.8 Å². The second kappa shape index (κ2) is 5.65. The van der Waals surface area contributed by atoms with Crippen molar-refractivity contribution in [3.05, 3.63) is 42.7 Å². The van der Waals surface area contributed by atoms with Gasteiger partial charge in [0, 0.05) is 0 Å². The van der Waals surface area contributed by atoms with Crippen LogP contribution in [0.25, 0.3) is 23.2 Å². The van der Waals surface area contributed by atoms with Gasteiger partial charge in [0.1, 0.15) is 0 Å². The van der Waals surface area contributed by atoms with Crippen LogP contribution in [0.5, 0.6) is 0 Å². The van der Waals surface area contributed by atoms with E-state index in [2.05, 4.69) is 20.4 Å². The van der Waals surface area contributed by atoms with Gasteiger partial charge in [0.2, 0.25) is 16.9 Å². The number of rotatable bonds is 5. The summed E-state index contributed by atoms with van der Waals surface area (Å²) in [5.41, 5.74) is 0. The smallest absolute Gasteiger partial charge is 0.283 e. The minimum atomic E-state index is 0.330. The lowest BCUT2D eigenvalue weighted by atomic mass is 10.4. The SMILES string of the molecule is Nn1c(SCc2nnc(-c3ccco3)o2)nnc1-c1ccco1. The minimum absolute atomic E-state index is 0.330. The Kier molecular flexibility index (Phi) is 3.35. The molecule has 4 rings (SSSR count). The first kappa shape index (κ1) is 13.6. The van der Waals surface area contributed by atoms with Crippen molar-refractivity contribution in [1.29, 1.82) is 0 Å². The number of nitrogens with zero attached hydrogens (tertiary/aromatic N) is 5. The van der Waals surface area contributed by atoms with Crippen molar-refractivity contribution < 1.29 is 13.3 Å². The van der Waals surface area contributed by atoms with Gasteiger partial charge in [-0.1, -0.05) is 11.8 Å². The Morgan fingerprint density at radius 3 is 2.52 bits per heavy atom. The summed E-state index contributed by atoms with van der Waals surface area (Å²) in [6.45, 7) is 0. The number of hydrogen-bond donors (Lipinski definition) is 1. The molecule has 0 aliphatic carbocycles. The molecular formula is C13H10N6O3S. The van der Waals surface area contributed by atoms with Gasteiger partial charge in [-0.3, -0.25) is 0 Å². The van der Waals surface area contributed by atoms with E-state index in [9.17, 15) is 0 Å². The summed E-state index contributed by atoms with van der Waals surface area (Å²) in [6.07, 6.45) is 3.09. The molecule has 0 unspecified atom stereocenters. The van der Waals surface area contributed by atoms with Gasteiger partial charge in [-0.25, -0.2) is 4.68 Å². The zero-order chi connectivity index (χ0) is 15.6. The first-order chi connectivity index (χ1) is 11.3. The van der Waals surface area contributed by atoms with Gasteiger partial charge in [-0.2, -0.15) is 0 Å². The van der Waals surface area contributed by atoms with Crippen molar-refractivity contribution in [3.63, 3.8) is 0 Å². The number of aromatic nitrogens is 5. The summed E-state index contributed by atoms with van der Waals surface area (Å²) in [7, 11) is 0. The molecule has 0 atom stereocenters. The Hall–Kier alpha value is -3.01. The van der Waals surface area contributed by atoms with Gasteiger partial charge in [0.15, 0.2) is 11.5 Å². The Labute approximate surface area is 133 Å². The fourth-order valence-electron chi connectivity index (χ4n) is 1.89. The summed E-state index contributed by atoms with van der Waals surface area (Å²) < 4.78 is 17.3. The second-order valence-corrected chi connectivity index (χ2v) is 5.36. The van der Waals surface area contributed by atoms with Gasteiger partial charge in [0.05, 0.1) is 18.3 Å². The fraction of sp³-hybridized carbons (Fsp3) is 0.0769. The normalized spacial score (nSPS) is 11.1. The molecule has 0 saturated heterocycles. The lowest BCUT2D eigenvalue weighted by Gasteiger charge is -1.99. The molecule has 0 amide bonds. The fourth-order valence-corrected chi connectivity index (χ4v) is 2.58. The van der Waals surface area contributed by atoms with Crippen LogP contribution in [-0.2, 0) is 5.75 Å². The Balaban J connectivity index is 1.48. The Morgan fingerprint density at radius 1 is 1.00 bits per heavy atom. The summed E-state index contributed by atoms with van der Waals surface area (Å²) in [5, 5.41) is 16.4. The number of nitrogen functional groups attached to an aromatic ring is 1. The van der Waals surface area contributed by atoms with Crippen molar-refractivity contribution >= 4 is 11.8 Å². The zero-order valence-electron chi connectivity index (χ0n) is 11.6. The molecule has 0 saturated carbocycles. The number of nitrogens with two attached hydrogens (primary N) is 1. The maximum absolute atomic E-state index is 5.97. The Morgan fingerprint density at radius 2 is 1.78 bits per heavy atom. The molecule has 0 aliphatic heterocycles. The third-order valence-corrected chi connectivity index (χ3v) is 3.86. The maximum Gasteiger partial charge on any atom is 0.283 e. The number of thioether (sulfide) groups is 1. The van der Waals surface area contributed by atoms with E-state index in [4.69, 9.17) is 19.1 Å². The first-order valence-corrected chi connectivity index (χ1v) is 7.53. The average molecular weight is 330 g/mol. The van der Waals surface area contributed by atoms with E-state index in [0.717, 1.165) is 0 Å². The Bertz CT molecular complexity index is 896. The van der Waals surface area contributed by atoms with E-state index in [1.165, 1.54) is 16.4 Å². The predicted octanol–water partition coefficient (Wildman–Crippen LogP) is 2.19. The molecule has 116 valence electrons. The molecule has 0 aromatic carbocycles. The third kappa shape index (κ3) is 2.59. The standard InChI is InChI=1S/C13H10N6O3S/c14-19-11(8-3-1-5-20-8)16-18-13(19)23-7-10-15-17-12(22-10)9-4-2-6-21-9/h1-6H,7,14H2. The van der Waals surface area contributed by atoms with Crippen LogP contribution in [0, 0.1) is 0 Å². The molecule has 10 heteroatoms. The predicted molar refractivity (Wildman–Crippen MR) is 79.4 cm³/mol. The highest BCUT2D eigenvalue weighted by molar-refractivity contribution is 7.98. The van der Waals surface area contributed by atoms with Crippen LogP contribution in [0.3, 0.4) is 0 Å². The first-order valence-electron chi connectivity index (χ1n) is 6.54. The maximum atomic E-state index is 5.97. The van der Waals surface area contributed by atoms with Crippen molar-refractivity contribution in [2.45, 2.75) is 10.9 Å². The molecular weight excluding hydrogens is 320 g/mol. The number of hydrogen-bond acceptors (Lipinski definition) is 9. The van der Waals surface area contributed by atoms with Crippen LogP contribution in [0.4, 0.5) is 0 Å². The number of furan rings is 2. The van der Waals surface area contributed by atoms with Gasteiger partial charge in [-0.15, -0.1) is 20.4 Å².